The summed E-state index contributed by atoms with van der Waals surface area (Å²) in [5.41, 5.74) is 3.22. The molecule has 0 N–H and O–H groups in total. The smallest absolute Gasteiger partial charge is 0.119 e. The van der Waals surface area contributed by atoms with Crippen LogP contribution in [0.5, 0.6) is 5.75 Å². The average molecular weight is 264 g/mol. The Morgan fingerprint density at radius 2 is 1.89 bits per heavy atom. The van der Waals surface area contributed by atoms with E-state index in [1.165, 1.54) is 30.4 Å². The summed E-state index contributed by atoms with van der Waals surface area (Å²) in [5.74, 6) is 1.93. The van der Waals surface area contributed by atoms with E-state index in [1.807, 2.05) is 0 Å². The second-order valence-corrected chi connectivity index (χ2v) is 5.75. The van der Waals surface area contributed by atoms with E-state index in [1.54, 1.807) is 0 Å². The highest BCUT2D eigenvalue weighted by Crippen LogP contribution is 2.31. The molecule has 18 heavy (non-hydrogen) atoms. The molecule has 1 nitrogen and oxygen atoms in total. The van der Waals surface area contributed by atoms with Gasteiger partial charge in [-0.3, -0.25) is 0 Å². The lowest BCUT2D eigenvalue weighted by atomic mass is 9.85. The fraction of sp³-hybridized carbons (Fsp3) is 0.625. The molecule has 1 aromatic carbocycles. The lowest BCUT2D eigenvalue weighted by Crippen LogP contribution is -2.29. The lowest BCUT2D eigenvalue weighted by molar-refractivity contribution is 0.157. The molecule has 1 aliphatic rings. The van der Waals surface area contributed by atoms with Gasteiger partial charge >= 0.3 is 0 Å². The van der Waals surface area contributed by atoms with Crippen LogP contribution in [0.25, 0.3) is 0 Å². The molecule has 2 rings (SSSR count). The van der Waals surface area contributed by atoms with Gasteiger partial charge in [0.25, 0.3) is 0 Å². The maximum absolute atomic E-state index is 6.02. The Hall–Kier alpha value is -0.630. The average Bonchev–Trinajstić information content (AvgIpc) is 2.88. The SMILES string of the molecule is CCC(CC)(CS)COc1ccc2c(c1)CCC2. The summed E-state index contributed by atoms with van der Waals surface area (Å²) in [5, 5.41) is 0. The van der Waals surface area contributed by atoms with E-state index in [0.717, 1.165) is 31.0 Å². The third-order valence-electron chi connectivity index (χ3n) is 4.45. The van der Waals surface area contributed by atoms with Crippen molar-refractivity contribution in [3.63, 3.8) is 0 Å². The molecule has 0 spiro atoms. The first-order valence-electron chi connectivity index (χ1n) is 7.08. The molecule has 1 aromatic rings. The maximum Gasteiger partial charge on any atom is 0.119 e. The molecule has 0 unspecified atom stereocenters. The van der Waals surface area contributed by atoms with E-state index in [0.29, 0.717) is 0 Å². The minimum atomic E-state index is 0.224. The van der Waals surface area contributed by atoms with Gasteiger partial charge in [-0.1, -0.05) is 19.9 Å². The van der Waals surface area contributed by atoms with E-state index in [-0.39, 0.29) is 5.41 Å². The second kappa shape index (κ2) is 6.01. The molecule has 0 atom stereocenters. The summed E-state index contributed by atoms with van der Waals surface area (Å²) in [6, 6.07) is 6.59. The lowest BCUT2D eigenvalue weighted by Gasteiger charge is -2.29. The van der Waals surface area contributed by atoms with Crippen LogP contribution in [0.3, 0.4) is 0 Å². The van der Waals surface area contributed by atoms with Crippen molar-refractivity contribution in [2.75, 3.05) is 12.4 Å². The summed E-state index contributed by atoms with van der Waals surface area (Å²) in [4.78, 5) is 0. The quantitative estimate of drug-likeness (QED) is 0.754. The van der Waals surface area contributed by atoms with Gasteiger partial charge in [-0.05, 0) is 61.1 Å². The van der Waals surface area contributed by atoms with E-state index < -0.39 is 0 Å². The highest BCUT2D eigenvalue weighted by molar-refractivity contribution is 7.80. The Kier molecular flexibility index (Phi) is 4.60. The highest BCUT2D eigenvalue weighted by atomic mass is 32.1. The zero-order chi connectivity index (χ0) is 13.0. The minimum absolute atomic E-state index is 0.224. The second-order valence-electron chi connectivity index (χ2n) is 5.44. The number of fused-ring (bicyclic) bond motifs is 1. The van der Waals surface area contributed by atoms with Crippen LogP contribution in [-0.4, -0.2) is 12.4 Å². The number of aryl methyl sites for hydroxylation is 2. The number of thiol groups is 1. The molecule has 0 fully saturated rings. The van der Waals surface area contributed by atoms with Crippen LogP contribution < -0.4 is 4.74 Å². The monoisotopic (exact) mass is 264 g/mol. The van der Waals surface area contributed by atoms with Crippen LogP contribution in [0, 0.1) is 5.41 Å². The van der Waals surface area contributed by atoms with Crippen LogP contribution in [-0.2, 0) is 12.8 Å². The molecule has 2 heteroatoms. The third-order valence-corrected chi connectivity index (χ3v) is 5.12. The zero-order valence-electron chi connectivity index (χ0n) is 11.5. The van der Waals surface area contributed by atoms with Gasteiger partial charge in [-0.25, -0.2) is 0 Å². The fourth-order valence-corrected chi connectivity index (χ4v) is 3.14. The molecule has 0 heterocycles. The molecule has 1 aliphatic carbocycles. The van der Waals surface area contributed by atoms with Crippen molar-refractivity contribution in [2.24, 2.45) is 5.41 Å². The molecular weight excluding hydrogens is 240 g/mol. The third kappa shape index (κ3) is 2.85. The van der Waals surface area contributed by atoms with Gasteiger partial charge in [0.05, 0.1) is 6.61 Å². The Labute approximate surface area is 116 Å². The topological polar surface area (TPSA) is 9.23 Å². The van der Waals surface area contributed by atoms with E-state index in [4.69, 9.17) is 4.74 Å². The van der Waals surface area contributed by atoms with Crippen LogP contribution in [0.1, 0.15) is 44.2 Å². The number of hydrogen-bond donors (Lipinski definition) is 1. The first kappa shape index (κ1) is 13.8. The summed E-state index contributed by atoms with van der Waals surface area (Å²) in [6.45, 7) is 5.24. The van der Waals surface area contributed by atoms with Gasteiger partial charge in [-0.15, -0.1) is 0 Å². The van der Waals surface area contributed by atoms with Gasteiger partial charge in [-0.2, -0.15) is 12.6 Å². The first-order chi connectivity index (χ1) is 8.73. The van der Waals surface area contributed by atoms with Crippen LogP contribution in [0.2, 0.25) is 0 Å². The highest BCUT2D eigenvalue weighted by Gasteiger charge is 2.25. The Morgan fingerprint density at radius 3 is 2.56 bits per heavy atom. The largest absolute Gasteiger partial charge is 0.493 e. The number of benzene rings is 1. The summed E-state index contributed by atoms with van der Waals surface area (Å²) in [6.07, 6.45) is 5.99. The zero-order valence-corrected chi connectivity index (χ0v) is 12.4. The summed E-state index contributed by atoms with van der Waals surface area (Å²) in [7, 11) is 0. The Balaban J connectivity index is 2.01. The van der Waals surface area contributed by atoms with Gasteiger partial charge in [0.2, 0.25) is 0 Å². The number of rotatable bonds is 6. The molecule has 0 saturated carbocycles. The predicted molar refractivity (Wildman–Crippen MR) is 80.8 cm³/mol. The van der Waals surface area contributed by atoms with E-state index in [2.05, 4.69) is 44.7 Å². The van der Waals surface area contributed by atoms with Crippen molar-refractivity contribution in [1.82, 2.24) is 0 Å². The van der Waals surface area contributed by atoms with Crippen LogP contribution >= 0.6 is 12.6 Å². The Bertz CT molecular complexity index is 388. The van der Waals surface area contributed by atoms with Crippen molar-refractivity contribution >= 4 is 12.6 Å². The number of ether oxygens (including phenoxy) is 1. The van der Waals surface area contributed by atoms with E-state index in [9.17, 15) is 0 Å². The maximum atomic E-state index is 6.02. The molecule has 0 aliphatic heterocycles. The molecule has 100 valence electrons. The van der Waals surface area contributed by atoms with Crippen LogP contribution in [0.4, 0.5) is 0 Å². The fourth-order valence-electron chi connectivity index (χ4n) is 2.60. The molecular formula is C16H24OS. The van der Waals surface area contributed by atoms with Crippen molar-refractivity contribution in [1.29, 1.82) is 0 Å². The van der Waals surface area contributed by atoms with Crippen molar-refractivity contribution in [3.05, 3.63) is 29.3 Å². The minimum Gasteiger partial charge on any atom is -0.493 e. The molecule has 0 saturated heterocycles. The van der Waals surface area contributed by atoms with Crippen molar-refractivity contribution in [2.45, 2.75) is 46.0 Å². The van der Waals surface area contributed by atoms with Gasteiger partial charge in [0, 0.05) is 5.41 Å². The molecule has 0 aromatic heterocycles. The van der Waals surface area contributed by atoms with Gasteiger partial charge in [0.1, 0.15) is 5.75 Å². The van der Waals surface area contributed by atoms with Crippen LogP contribution in [0.15, 0.2) is 18.2 Å². The molecule has 0 bridgehead atoms. The van der Waals surface area contributed by atoms with Crippen molar-refractivity contribution in [3.8, 4) is 5.75 Å². The first-order valence-corrected chi connectivity index (χ1v) is 7.72. The van der Waals surface area contributed by atoms with E-state index >= 15 is 0 Å². The normalized spacial score (nSPS) is 14.6. The van der Waals surface area contributed by atoms with Crippen molar-refractivity contribution < 1.29 is 4.74 Å². The molecule has 0 radical (unpaired) electrons. The summed E-state index contributed by atoms with van der Waals surface area (Å²) >= 11 is 4.49. The molecule has 0 amide bonds. The summed E-state index contributed by atoms with van der Waals surface area (Å²) < 4.78 is 6.02. The Morgan fingerprint density at radius 1 is 1.17 bits per heavy atom. The standard InChI is InChI=1S/C16H24OS/c1-3-16(4-2,12-18)11-17-15-9-8-13-6-5-7-14(13)10-15/h8-10,18H,3-7,11-12H2,1-2H3. The number of hydrogen-bond acceptors (Lipinski definition) is 2. The van der Waals surface area contributed by atoms with Gasteiger partial charge in [0.15, 0.2) is 0 Å². The van der Waals surface area contributed by atoms with Gasteiger partial charge < -0.3 is 4.74 Å². The predicted octanol–water partition coefficient (Wildman–Crippen LogP) is 4.29.